The molecule has 0 aliphatic carbocycles. The van der Waals surface area contributed by atoms with E-state index >= 15 is 0 Å². The molecule has 0 spiro atoms. The molecule has 0 saturated heterocycles. The highest BCUT2D eigenvalue weighted by Gasteiger charge is 1.99. The van der Waals surface area contributed by atoms with Gasteiger partial charge in [-0.3, -0.25) is 0 Å². The monoisotopic (exact) mass is 476 g/mol. The molecule has 2 aromatic rings. The fraction of sp³-hybridized carbons (Fsp3) is 0.389. The highest BCUT2D eigenvalue weighted by Crippen LogP contribution is 2.18. The van der Waals surface area contributed by atoms with Crippen molar-refractivity contribution in [2.45, 2.75) is 24.8 Å². The molecule has 0 fully saturated rings. The van der Waals surface area contributed by atoms with Gasteiger partial charge in [-0.05, 0) is 55.0 Å². The summed E-state index contributed by atoms with van der Waals surface area (Å²) in [5.41, 5.74) is 1.20. The van der Waals surface area contributed by atoms with Crippen molar-refractivity contribution >= 4 is 41.7 Å². The smallest absolute Gasteiger partial charge is 0.191 e. The van der Waals surface area contributed by atoms with Crippen LogP contribution in [0.5, 0.6) is 0 Å². The fourth-order valence-electron chi connectivity index (χ4n) is 2.17. The minimum absolute atomic E-state index is 0. The van der Waals surface area contributed by atoms with E-state index in [1.807, 2.05) is 29.9 Å². The van der Waals surface area contributed by atoms with Gasteiger partial charge in [0, 0.05) is 37.4 Å². The summed E-state index contributed by atoms with van der Waals surface area (Å²) in [6.45, 7) is 4.42. The molecule has 7 heteroatoms. The molecule has 0 atom stereocenters. The molecule has 0 radical (unpaired) electrons. The molecule has 1 aromatic carbocycles. The van der Waals surface area contributed by atoms with E-state index in [0.29, 0.717) is 6.54 Å². The van der Waals surface area contributed by atoms with E-state index in [4.69, 9.17) is 0 Å². The molecule has 1 heterocycles. The van der Waals surface area contributed by atoms with Gasteiger partial charge in [0.05, 0.1) is 6.54 Å². The predicted octanol–water partition coefficient (Wildman–Crippen LogP) is 4.02. The van der Waals surface area contributed by atoms with Crippen LogP contribution in [0.4, 0.5) is 4.39 Å². The van der Waals surface area contributed by atoms with Gasteiger partial charge in [0.2, 0.25) is 0 Å². The van der Waals surface area contributed by atoms with Crippen LogP contribution in [0.25, 0.3) is 0 Å². The zero-order valence-electron chi connectivity index (χ0n) is 14.7. The summed E-state index contributed by atoms with van der Waals surface area (Å²) in [5, 5.41) is 6.61. The second-order valence-electron chi connectivity index (χ2n) is 5.46. The summed E-state index contributed by atoms with van der Waals surface area (Å²) < 4.78 is 14.9. The van der Waals surface area contributed by atoms with E-state index in [1.165, 1.54) is 17.7 Å². The molecule has 25 heavy (non-hydrogen) atoms. The topological polar surface area (TPSA) is 41.4 Å². The standard InChI is InChI=1S/C18H25FN4S.HI/c1-3-20-18(22-13-15-9-11-23(2)14-15)21-10-4-12-24-17-7-5-16(19)6-8-17;/h5-9,11,14H,3-4,10,12-13H2,1-2H3,(H2,20,21,22);1H. The molecule has 2 rings (SSSR count). The maximum atomic E-state index is 12.8. The first kappa shape index (κ1) is 21.8. The number of thioether (sulfide) groups is 1. The van der Waals surface area contributed by atoms with Crippen molar-refractivity contribution in [3.8, 4) is 0 Å². The van der Waals surface area contributed by atoms with Crippen molar-refractivity contribution in [1.82, 2.24) is 15.2 Å². The Morgan fingerprint density at radius 1 is 1.20 bits per heavy atom. The lowest BCUT2D eigenvalue weighted by molar-refractivity contribution is 0.626. The molecule has 0 aliphatic rings. The van der Waals surface area contributed by atoms with Crippen LogP contribution < -0.4 is 10.6 Å². The quantitative estimate of drug-likeness (QED) is 0.199. The first-order valence-corrected chi connectivity index (χ1v) is 9.17. The van der Waals surface area contributed by atoms with Crippen LogP contribution in [0.15, 0.2) is 52.6 Å². The number of nitrogens with one attached hydrogen (secondary N) is 2. The molecule has 0 bridgehead atoms. The lowest BCUT2D eigenvalue weighted by Gasteiger charge is -2.11. The zero-order chi connectivity index (χ0) is 17.2. The molecule has 138 valence electrons. The van der Waals surface area contributed by atoms with Crippen molar-refractivity contribution in [1.29, 1.82) is 0 Å². The minimum atomic E-state index is -0.189. The van der Waals surface area contributed by atoms with Crippen LogP contribution in [0.2, 0.25) is 0 Å². The van der Waals surface area contributed by atoms with Crippen LogP contribution in [-0.2, 0) is 13.6 Å². The molecule has 0 unspecified atom stereocenters. The van der Waals surface area contributed by atoms with E-state index < -0.39 is 0 Å². The molecular weight excluding hydrogens is 450 g/mol. The normalized spacial score (nSPS) is 11.1. The third-order valence-electron chi connectivity index (χ3n) is 3.35. The number of aromatic nitrogens is 1. The Morgan fingerprint density at radius 2 is 1.96 bits per heavy atom. The van der Waals surface area contributed by atoms with Gasteiger partial charge in [-0.1, -0.05) is 0 Å². The van der Waals surface area contributed by atoms with Crippen LogP contribution in [0.1, 0.15) is 18.9 Å². The van der Waals surface area contributed by atoms with Crippen molar-refractivity contribution in [3.63, 3.8) is 0 Å². The van der Waals surface area contributed by atoms with Crippen molar-refractivity contribution in [3.05, 3.63) is 54.1 Å². The molecule has 0 saturated carbocycles. The summed E-state index contributed by atoms with van der Waals surface area (Å²) in [4.78, 5) is 5.69. The first-order chi connectivity index (χ1) is 11.7. The average Bonchev–Trinajstić information content (AvgIpc) is 2.99. The predicted molar refractivity (Wildman–Crippen MR) is 115 cm³/mol. The van der Waals surface area contributed by atoms with Crippen molar-refractivity contribution < 1.29 is 4.39 Å². The lowest BCUT2D eigenvalue weighted by Crippen LogP contribution is -2.37. The van der Waals surface area contributed by atoms with E-state index in [2.05, 4.69) is 34.8 Å². The summed E-state index contributed by atoms with van der Waals surface area (Å²) in [6, 6.07) is 8.71. The van der Waals surface area contributed by atoms with E-state index in [9.17, 15) is 4.39 Å². The molecule has 0 aliphatic heterocycles. The summed E-state index contributed by atoms with van der Waals surface area (Å²) in [6.07, 6.45) is 5.11. The Morgan fingerprint density at radius 3 is 2.60 bits per heavy atom. The number of nitrogens with zero attached hydrogens (tertiary/aromatic N) is 2. The van der Waals surface area contributed by atoms with Crippen LogP contribution >= 0.6 is 35.7 Å². The molecule has 2 N–H and O–H groups in total. The molecular formula is C18H26FIN4S. The highest BCUT2D eigenvalue weighted by molar-refractivity contribution is 14.0. The summed E-state index contributed by atoms with van der Waals surface area (Å²) in [5.74, 6) is 1.63. The Labute approximate surface area is 170 Å². The fourth-order valence-corrected chi connectivity index (χ4v) is 3.02. The van der Waals surface area contributed by atoms with Crippen LogP contribution in [0, 0.1) is 5.82 Å². The van der Waals surface area contributed by atoms with Crippen LogP contribution in [0.3, 0.4) is 0 Å². The van der Waals surface area contributed by atoms with E-state index in [1.54, 1.807) is 11.8 Å². The highest BCUT2D eigenvalue weighted by atomic mass is 127. The Balaban J connectivity index is 0.00000312. The van der Waals surface area contributed by atoms with Gasteiger partial charge in [-0.15, -0.1) is 35.7 Å². The summed E-state index contributed by atoms with van der Waals surface area (Å²) >= 11 is 1.74. The van der Waals surface area contributed by atoms with Gasteiger partial charge in [0.15, 0.2) is 5.96 Å². The van der Waals surface area contributed by atoms with E-state index in [-0.39, 0.29) is 29.8 Å². The van der Waals surface area contributed by atoms with Crippen molar-refractivity contribution in [2.75, 3.05) is 18.8 Å². The third-order valence-corrected chi connectivity index (χ3v) is 4.45. The lowest BCUT2D eigenvalue weighted by atomic mass is 10.3. The maximum Gasteiger partial charge on any atom is 0.191 e. The number of aryl methyl sites for hydroxylation is 1. The number of hydrogen-bond donors (Lipinski definition) is 2. The van der Waals surface area contributed by atoms with Gasteiger partial charge in [-0.2, -0.15) is 0 Å². The number of aliphatic imine (C=N–C) groups is 1. The largest absolute Gasteiger partial charge is 0.357 e. The summed E-state index contributed by atoms with van der Waals surface area (Å²) in [7, 11) is 2.01. The van der Waals surface area contributed by atoms with E-state index in [0.717, 1.165) is 36.1 Å². The number of hydrogen-bond acceptors (Lipinski definition) is 2. The SMILES string of the molecule is CCNC(=NCc1ccn(C)c1)NCCCSc1ccc(F)cc1.I. The van der Waals surface area contributed by atoms with Gasteiger partial charge in [0.25, 0.3) is 0 Å². The number of rotatable bonds is 8. The zero-order valence-corrected chi connectivity index (χ0v) is 17.8. The Kier molecular flexibility index (Phi) is 10.6. The Bertz CT molecular complexity index is 643. The average molecular weight is 476 g/mol. The first-order valence-electron chi connectivity index (χ1n) is 8.19. The number of guanidine groups is 1. The van der Waals surface area contributed by atoms with Crippen LogP contribution in [-0.4, -0.2) is 29.4 Å². The van der Waals surface area contributed by atoms with Gasteiger partial charge < -0.3 is 15.2 Å². The van der Waals surface area contributed by atoms with Crippen molar-refractivity contribution in [2.24, 2.45) is 12.0 Å². The number of halogens is 2. The number of benzene rings is 1. The molecule has 1 aromatic heterocycles. The van der Waals surface area contributed by atoms with Gasteiger partial charge in [-0.25, -0.2) is 9.38 Å². The minimum Gasteiger partial charge on any atom is -0.357 e. The van der Waals surface area contributed by atoms with Gasteiger partial charge >= 0.3 is 0 Å². The second kappa shape index (κ2) is 12.2. The third kappa shape index (κ3) is 8.62. The second-order valence-corrected chi connectivity index (χ2v) is 6.63. The molecule has 4 nitrogen and oxygen atoms in total. The maximum absolute atomic E-state index is 12.8. The Hall–Kier alpha value is -1.22. The molecule has 0 amide bonds. The van der Waals surface area contributed by atoms with Gasteiger partial charge in [0.1, 0.15) is 5.82 Å².